The van der Waals surface area contributed by atoms with Crippen molar-refractivity contribution in [1.29, 1.82) is 0 Å². The van der Waals surface area contributed by atoms with Gasteiger partial charge in [0, 0.05) is 12.6 Å². The van der Waals surface area contributed by atoms with E-state index in [1.807, 2.05) is 0 Å². The van der Waals surface area contributed by atoms with E-state index in [2.05, 4.69) is 71.1 Å². The zero-order chi connectivity index (χ0) is 15.8. The first kappa shape index (κ1) is 18.0. The molecule has 2 atom stereocenters. The van der Waals surface area contributed by atoms with Gasteiger partial charge in [-0.15, -0.1) is 0 Å². The van der Waals surface area contributed by atoms with Gasteiger partial charge in [0.05, 0.1) is 6.61 Å². The Bertz CT molecular complexity index is 383. The topological polar surface area (TPSA) is 21.3 Å². The van der Waals surface area contributed by atoms with Crippen LogP contribution in [0.15, 0.2) is 24.3 Å². The van der Waals surface area contributed by atoms with E-state index in [0.717, 1.165) is 18.9 Å². The molecule has 0 saturated carbocycles. The second-order valence-corrected chi connectivity index (χ2v) is 6.83. The van der Waals surface area contributed by atoms with E-state index in [0.29, 0.717) is 23.8 Å². The van der Waals surface area contributed by atoms with E-state index in [9.17, 15) is 0 Å². The first-order valence-electron chi connectivity index (χ1n) is 8.40. The van der Waals surface area contributed by atoms with Gasteiger partial charge in [0.1, 0.15) is 5.75 Å². The van der Waals surface area contributed by atoms with Crippen LogP contribution >= 0.6 is 0 Å². The molecule has 2 heteroatoms. The molecule has 1 N–H and O–H groups in total. The Kier molecular flexibility index (Phi) is 7.81. The molecule has 0 radical (unpaired) electrons. The second kappa shape index (κ2) is 9.09. The van der Waals surface area contributed by atoms with Crippen LogP contribution in [0.3, 0.4) is 0 Å². The smallest absolute Gasteiger partial charge is 0.119 e. The molecule has 0 spiro atoms. The van der Waals surface area contributed by atoms with E-state index in [1.54, 1.807) is 0 Å². The molecule has 0 amide bonds. The van der Waals surface area contributed by atoms with E-state index >= 15 is 0 Å². The Labute approximate surface area is 131 Å². The fraction of sp³-hybridized carbons (Fsp3) is 0.684. The molecule has 2 unspecified atom stereocenters. The minimum Gasteiger partial charge on any atom is -0.493 e. The van der Waals surface area contributed by atoms with Gasteiger partial charge in [0.2, 0.25) is 0 Å². The first-order valence-corrected chi connectivity index (χ1v) is 8.40. The monoisotopic (exact) mass is 291 g/mol. The Hall–Kier alpha value is -1.02. The molecule has 1 aromatic carbocycles. The molecule has 0 heterocycles. The van der Waals surface area contributed by atoms with E-state index < -0.39 is 0 Å². The molecule has 0 aliphatic heterocycles. The van der Waals surface area contributed by atoms with Gasteiger partial charge in [0.15, 0.2) is 0 Å². The quantitative estimate of drug-likeness (QED) is 0.702. The van der Waals surface area contributed by atoms with Crippen LogP contribution in [0.5, 0.6) is 5.75 Å². The van der Waals surface area contributed by atoms with Crippen LogP contribution in [0.2, 0.25) is 0 Å². The summed E-state index contributed by atoms with van der Waals surface area (Å²) in [5, 5.41) is 3.58. The summed E-state index contributed by atoms with van der Waals surface area (Å²) < 4.78 is 5.77. The molecule has 2 nitrogen and oxygen atoms in total. The van der Waals surface area contributed by atoms with Crippen molar-refractivity contribution < 1.29 is 4.74 Å². The zero-order valence-electron chi connectivity index (χ0n) is 14.6. The van der Waals surface area contributed by atoms with Gasteiger partial charge >= 0.3 is 0 Å². The Balaban J connectivity index is 2.73. The predicted octanol–water partition coefficient (Wildman–Crippen LogP) is 4.85. The first-order chi connectivity index (χ1) is 9.93. The van der Waals surface area contributed by atoms with Gasteiger partial charge in [-0.2, -0.15) is 0 Å². The van der Waals surface area contributed by atoms with Crippen LogP contribution < -0.4 is 10.1 Å². The molecule has 1 aromatic rings. The number of benzene rings is 1. The molecule has 0 fully saturated rings. The average molecular weight is 291 g/mol. The summed E-state index contributed by atoms with van der Waals surface area (Å²) in [6, 6.07) is 9.22. The van der Waals surface area contributed by atoms with Gasteiger partial charge in [0.25, 0.3) is 0 Å². The summed E-state index contributed by atoms with van der Waals surface area (Å²) in [6.07, 6.45) is 1.20. The van der Waals surface area contributed by atoms with Crippen molar-refractivity contribution in [3.8, 4) is 5.75 Å². The SMILES string of the molecule is CCC(C)C(CNC(C)C)c1ccc(OCC(C)C)cc1. The minimum atomic E-state index is 0.533. The highest BCUT2D eigenvalue weighted by molar-refractivity contribution is 5.30. The van der Waals surface area contributed by atoms with Crippen molar-refractivity contribution in [2.24, 2.45) is 11.8 Å². The Morgan fingerprint density at radius 1 is 1.00 bits per heavy atom. The van der Waals surface area contributed by atoms with Crippen LogP contribution in [0.4, 0.5) is 0 Å². The third-order valence-corrected chi connectivity index (χ3v) is 3.97. The number of rotatable bonds is 9. The van der Waals surface area contributed by atoms with Gasteiger partial charge in [-0.05, 0) is 35.4 Å². The van der Waals surface area contributed by atoms with E-state index in [-0.39, 0.29) is 0 Å². The Morgan fingerprint density at radius 2 is 1.62 bits per heavy atom. The predicted molar refractivity (Wildman–Crippen MR) is 92.1 cm³/mol. The number of ether oxygens (including phenoxy) is 1. The van der Waals surface area contributed by atoms with Crippen LogP contribution in [-0.4, -0.2) is 19.2 Å². The number of hydrogen-bond donors (Lipinski definition) is 1. The fourth-order valence-corrected chi connectivity index (χ4v) is 2.37. The summed E-state index contributed by atoms with van der Waals surface area (Å²) in [5.41, 5.74) is 1.41. The zero-order valence-corrected chi connectivity index (χ0v) is 14.6. The summed E-state index contributed by atoms with van der Waals surface area (Å²) >= 11 is 0. The maximum absolute atomic E-state index is 5.77. The van der Waals surface area contributed by atoms with Crippen molar-refractivity contribution in [2.75, 3.05) is 13.2 Å². The van der Waals surface area contributed by atoms with Crippen molar-refractivity contribution in [2.45, 2.75) is 59.9 Å². The van der Waals surface area contributed by atoms with Gasteiger partial charge in [-0.25, -0.2) is 0 Å². The second-order valence-electron chi connectivity index (χ2n) is 6.83. The van der Waals surface area contributed by atoms with Crippen molar-refractivity contribution >= 4 is 0 Å². The molecular formula is C19H33NO. The molecule has 0 aliphatic carbocycles. The molecular weight excluding hydrogens is 258 g/mol. The lowest BCUT2D eigenvalue weighted by atomic mass is 9.85. The summed E-state index contributed by atoms with van der Waals surface area (Å²) in [5.74, 6) is 2.79. The lowest BCUT2D eigenvalue weighted by Gasteiger charge is -2.25. The molecule has 0 bridgehead atoms. The van der Waals surface area contributed by atoms with Gasteiger partial charge < -0.3 is 10.1 Å². The third-order valence-electron chi connectivity index (χ3n) is 3.97. The maximum atomic E-state index is 5.77. The normalized spacial score (nSPS) is 14.5. The summed E-state index contributed by atoms with van der Waals surface area (Å²) in [4.78, 5) is 0. The standard InChI is InChI=1S/C19H33NO/c1-7-16(6)19(12-20-15(4)5)17-8-10-18(11-9-17)21-13-14(2)3/h8-11,14-16,19-20H,7,12-13H2,1-6H3. The average Bonchev–Trinajstić information content (AvgIpc) is 2.45. The molecule has 21 heavy (non-hydrogen) atoms. The van der Waals surface area contributed by atoms with Crippen molar-refractivity contribution in [3.05, 3.63) is 29.8 Å². The van der Waals surface area contributed by atoms with Crippen molar-refractivity contribution in [1.82, 2.24) is 5.32 Å². The van der Waals surface area contributed by atoms with Crippen LogP contribution in [0, 0.1) is 11.8 Å². The largest absolute Gasteiger partial charge is 0.493 e. The summed E-state index contributed by atoms with van der Waals surface area (Å²) in [7, 11) is 0. The van der Waals surface area contributed by atoms with E-state index in [4.69, 9.17) is 4.74 Å². The fourth-order valence-electron chi connectivity index (χ4n) is 2.37. The van der Waals surface area contributed by atoms with Crippen LogP contribution in [-0.2, 0) is 0 Å². The highest BCUT2D eigenvalue weighted by atomic mass is 16.5. The van der Waals surface area contributed by atoms with Gasteiger partial charge in [-0.1, -0.05) is 60.1 Å². The van der Waals surface area contributed by atoms with Gasteiger partial charge in [-0.3, -0.25) is 0 Å². The lowest BCUT2D eigenvalue weighted by molar-refractivity contribution is 0.271. The Morgan fingerprint density at radius 3 is 2.10 bits per heavy atom. The number of hydrogen-bond acceptors (Lipinski definition) is 2. The highest BCUT2D eigenvalue weighted by Gasteiger charge is 2.18. The van der Waals surface area contributed by atoms with E-state index in [1.165, 1.54) is 12.0 Å². The van der Waals surface area contributed by atoms with Crippen LogP contribution in [0.1, 0.15) is 59.4 Å². The molecule has 0 saturated heterocycles. The van der Waals surface area contributed by atoms with Crippen molar-refractivity contribution in [3.63, 3.8) is 0 Å². The highest BCUT2D eigenvalue weighted by Crippen LogP contribution is 2.28. The molecule has 120 valence electrons. The third kappa shape index (κ3) is 6.52. The molecule has 1 rings (SSSR count). The molecule has 0 aromatic heterocycles. The maximum Gasteiger partial charge on any atom is 0.119 e. The van der Waals surface area contributed by atoms with Crippen LogP contribution in [0.25, 0.3) is 0 Å². The molecule has 0 aliphatic rings. The summed E-state index contributed by atoms with van der Waals surface area (Å²) in [6.45, 7) is 15.2. The minimum absolute atomic E-state index is 0.533. The number of nitrogens with one attached hydrogen (secondary N) is 1. The lowest BCUT2D eigenvalue weighted by Crippen LogP contribution is -2.30.